The van der Waals surface area contributed by atoms with Gasteiger partial charge in [-0.05, 0) is 94.4 Å². The van der Waals surface area contributed by atoms with Crippen molar-refractivity contribution in [2.24, 2.45) is 0 Å². The van der Waals surface area contributed by atoms with Crippen molar-refractivity contribution in [1.29, 1.82) is 0 Å². The van der Waals surface area contributed by atoms with Crippen molar-refractivity contribution in [2.75, 3.05) is 4.90 Å². The summed E-state index contributed by atoms with van der Waals surface area (Å²) >= 11 is 0. The molecule has 0 aliphatic heterocycles. The number of rotatable bonds is 6. The fraction of sp³-hybridized carbons (Fsp3) is 0. The van der Waals surface area contributed by atoms with Crippen molar-refractivity contribution < 1.29 is 8.83 Å². The van der Waals surface area contributed by atoms with Crippen LogP contribution in [0.5, 0.6) is 0 Å². The zero-order valence-electron chi connectivity index (χ0n) is 33.5. The van der Waals surface area contributed by atoms with Gasteiger partial charge in [-0.25, -0.2) is 0 Å². The van der Waals surface area contributed by atoms with E-state index in [2.05, 4.69) is 204 Å². The highest BCUT2D eigenvalue weighted by atomic mass is 16.3. The van der Waals surface area contributed by atoms with Crippen LogP contribution >= 0.6 is 0 Å². The number of para-hydroxylation sites is 4. The highest BCUT2D eigenvalue weighted by molar-refractivity contribution is 6.19. The summed E-state index contributed by atoms with van der Waals surface area (Å²) in [6.07, 6.45) is 0. The fourth-order valence-corrected chi connectivity index (χ4v) is 9.75. The Morgan fingerprint density at radius 1 is 0.371 bits per heavy atom. The molecule has 290 valence electrons. The van der Waals surface area contributed by atoms with E-state index in [1.54, 1.807) is 0 Å². The van der Waals surface area contributed by atoms with Crippen molar-refractivity contribution in [3.05, 3.63) is 218 Å². The van der Waals surface area contributed by atoms with Gasteiger partial charge in [0.25, 0.3) is 0 Å². The molecule has 0 fully saturated rings. The first-order valence-corrected chi connectivity index (χ1v) is 21.1. The number of benzene rings is 10. The van der Waals surface area contributed by atoms with E-state index in [9.17, 15) is 0 Å². The summed E-state index contributed by atoms with van der Waals surface area (Å²) in [4.78, 5) is 2.31. The molecule has 0 spiro atoms. The Hall–Kier alpha value is -8.34. The second kappa shape index (κ2) is 13.6. The summed E-state index contributed by atoms with van der Waals surface area (Å²) in [5, 5.41) is 9.41. The lowest BCUT2D eigenvalue weighted by molar-refractivity contribution is 0.668. The van der Waals surface area contributed by atoms with E-state index in [0.29, 0.717) is 0 Å². The molecule has 4 heteroatoms. The molecule has 0 amide bonds. The molecule has 0 atom stereocenters. The van der Waals surface area contributed by atoms with Crippen LogP contribution in [-0.2, 0) is 0 Å². The third-order valence-corrected chi connectivity index (χ3v) is 12.6. The molecule has 0 saturated carbocycles. The standard InChI is InChI=1S/C58H36N2O2/c1-2-13-41(14-3-1)60-52-36-40(29-34-46(52)48-35-28-38-12-4-5-15-45(38)57(48)60)37-24-30-42(31-25-37)59(51-20-10-19-49-47-16-6-8-21-53(47)62-58(49)51)43-32-26-39(27-33-43)44-18-11-23-55-56(44)50-17-7-9-22-54(50)61-55/h1-36H. The van der Waals surface area contributed by atoms with Gasteiger partial charge in [0.1, 0.15) is 16.7 Å². The lowest BCUT2D eigenvalue weighted by Gasteiger charge is -2.26. The molecule has 0 aliphatic carbocycles. The SMILES string of the molecule is c1ccc(-n2c3cc(-c4ccc(N(c5ccc(-c6cccc7oc8ccccc8c67)cc5)c5cccc6c5oc5ccccc56)cc4)ccc3c3ccc4ccccc4c32)cc1. The van der Waals surface area contributed by atoms with Crippen molar-refractivity contribution in [3.63, 3.8) is 0 Å². The minimum atomic E-state index is 0.850. The van der Waals surface area contributed by atoms with Gasteiger partial charge in [0, 0.05) is 54.8 Å². The first kappa shape index (κ1) is 34.5. The number of hydrogen-bond acceptors (Lipinski definition) is 3. The average molecular weight is 793 g/mol. The van der Waals surface area contributed by atoms with Crippen molar-refractivity contribution in [3.8, 4) is 27.9 Å². The largest absolute Gasteiger partial charge is 0.456 e. The first-order valence-electron chi connectivity index (χ1n) is 21.1. The summed E-state index contributed by atoms with van der Waals surface area (Å²) in [6, 6.07) is 77.9. The Kier molecular flexibility index (Phi) is 7.57. The zero-order valence-corrected chi connectivity index (χ0v) is 33.5. The topological polar surface area (TPSA) is 34.5 Å². The second-order valence-corrected chi connectivity index (χ2v) is 16.0. The maximum Gasteiger partial charge on any atom is 0.159 e. The first-order chi connectivity index (χ1) is 30.7. The van der Waals surface area contributed by atoms with Gasteiger partial charge in [-0.1, -0.05) is 152 Å². The molecule has 10 aromatic carbocycles. The molecule has 0 bridgehead atoms. The highest BCUT2D eigenvalue weighted by Gasteiger charge is 2.21. The van der Waals surface area contributed by atoms with Gasteiger partial charge in [0.2, 0.25) is 0 Å². The smallest absolute Gasteiger partial charge is 0.159 e. The molecule has 13 aromatic rings. The Balaban J connectivity index is 0.954. The summed E-state index contributed by atoms with van der Waals surface area (Å²) in [7, 11) is 0. The molecule has 0 radical (unpaired) electrons. The Bertz CT molecular complexity index is 3850. The lowest BCUT2D eigenvalue weighted by Crippen LogP contribution is -2.10. The number of nitrogens with zero attached hydrogens (tertiary/aromatic N) is 2. The van der Waals surface area contributed by atoms with Gasteiger partial charge in [-0.15, -0.1) is 0 Å². The summed E-state index contributed by atoms with van der Waals surface area (Å²) in [6.45, 7) is 0. The van der Waals surface area contributed by atoms with Gasteiger partial charge in [-0.2, -0.15) is 0 Å². The minimum absolute atomic E-state index is 0.850. The highest BCUT2D eigenvalue weighted by Crippen LogP contribution is 2.45. The number of anilines is 3. The van der Waals surface area contributed by atoms with Crippen LogP contribution in [0.25, 0.3) is 104 Å². The molecule has 0 saturated heterocycles. The predicted octanol–water partition coefficient (Wildman–Crippen LogP) is 16.5. The average Bonchev–Trinajstić information content (AvgIpc) is 4.02. The summed E-state index contributed by atoms with van der Waals surface area (Å²) < 4.78 is 15.3. The minimum Gasteiger partial charge on any atom is -0.456 e. The van der Waals surface area contributed by atoms with Crippen LogP contribution in [0.1, 0.15) is 0 Å². The maximum atomic E-state index is 6.66. The maximum absolute atomic E-state index is 6.66. The molecule has 4 nitrogen and oxygen atoms in total. The normalized spacial score (nSPS) is 11.9. The van der Waals surface area contributed by atoms with Crippen LogP contribution in [0.4, 0.5) is 17.1 Å². The van der Waals surface area contributed by atoms with Gasteiger partial charge in [-0.3, -0.25) is 0 Å². The van der Waals surface area contributed by atoms with Crippen molar-refractivity contribution >= 4 is 93.5 Å². The molecule has 0 N–H and O–H groups in total. The van der Waals surface area contributed by atoms with Crippen molar-refractivity contribution in [2.45, 2.75) is 0 Å². The lowest BCUT2D eigenvalue weighted by atomic mass is 9.99. The number of aromatic nitrogens is 1. The molecule has 3 heterocycles. The third kappa shape index (κ3) is 5.27. The van der Waals surface area contributed by atoms with E-state index < -0.39 is 0 Å². The monoisotopic (exact) mass is 792 g/mol. The van der Waals surface area contributed by atoms with Crippen LogP contribution in [0.3, 0.4) is 0 Å². The zero-order chi connectivity index (χ0) is 40.7. The summed E-state index contributed by atoms with van der Waals surface area (Å²) in [5.74, 6) is 0. The van der Waals surface area contributed by atoms with Crippen LogP contribution in [-0.4, -0.2) is 4.57 Å². The van der Waals surface area contributed by atoms with Crippen LogP contribution in [0.2, 0.25) is 0 Å². The van der Waals surface area contributed by atoms with E-state index in [0.717, 1.165) is 88.9 Å². The van der Waals surface area contributed by atoms with E-state index >= 15 is 0 Å². The van der Waals surface area contributed by atoms with Crippen LogP contribution in [0, 0.1) is 0 Å². The van der Waals surface area contributed by atoms with E-state index in [1.165, 1.54) is 32.6 Å². The predicted molar refractivity (Wildman–Crippen MR) is 258 cm³/mol. The van der Waals surface area contributed by atoms with E-state index in [-0.39, 0.29) is 0 Å². The van der Waals surface area contributed by atoms with Gasteiger partial charge < -0.3 is 18.3 Å². The van der Waals surface area contributed by atoms with Gasteiger partial charge in [0.05, 0.1) is 16.7 Å². The van der Waals surface area contributed by atoms with E-state index in [1.807, 2.05) is 24.3 Å². The molecule has 0 unspecified atom stereocenters. The number of fused-ring (bicyclic) bond motifs is 11. The molecule has 0 aliphatic rings. The number of furan rings is 2. The van der Waals surface area contributed by atoms with E-state index in [4.69, 9.17) is 8.83 Å². The number of hydrogen-bond donors (Lipinski definition) is 0. The van der Waals surface area contributed by atoms with Crippen LogP contribution < -0.4 is 4.90 Å². The van der Waals surface area contributed by atoms with Crippen LogP contribution in [0.15, 0.2) is 227 Å². The fourth-order valence-electron chi connectivity index (χ4n) is 9.75. The Morgan fingerprint density at radius 3 is 1.79 bits per heavy atom. The van der Waals surface area contributed by atoms with Gasteiger partial charge >= 0.3 is 0 Å². The Labute approximate surface area is 356 Å². The second-order valence-electron chi connectivity index (χ2n) is 16.0. The van der Waals surface area contributed by atoms with Gasteiger partial charge in [0.15, 0.2) is 5.58 Å². The Morgan fingerprint density at radius 2 is 0.984 bits per heavy atom. The molecular formula is C58H36N2O2. The molecule has 13 rings (SSSR count). The van der Waals surface area contributed by atoms with Crippen molar-refractivity contribution in [1.82, 2.24) is 4.57 Å². The quantitative estimate of drug-likeness (QED) is 0.168. The third-order valence-electron chi connectivity index (χ3n) is 12.6. The molecule has 3 aromatic heterocycles. The molecular weight excluding hydrogens is 757 g/mol. The summed E-state index contributed by atoms with van der Waals surface area (Å²) in [5.41, 5.74) is 14.7. The molecule has 62 heavy (non-hydrogen) atoms.